The number of halogens is 2. The summed E-state index contributed by atoms with van der Waals surface area (Å²) in [7, 11) is 0. The maximum atomic E-state index is 12.8. The standard InChI is InChI=1S/C19H21ClFN3OS/c1-2-3-10-25-18-9-6-15(11-17(18)20)12-22-19(26)24-23-13-14-4-7-16(21)8-5-14/h4-9,11,13H,2-3,10,12H2,1H3,(H2,22,24,26)/b23-13-. The SMILES string of the molecule is CCCCOc1ccc(CNC(=S)N/N=C\c2ccc(F)cc2)cc1Cl. The van der Waals surface area contributed by atoms with Gasteiger partial charge in [0.05, 0.1) is 17.8 Å². The molecule has 2 rings (SSSR count). The predicted octanol–water partition coefficient (Wildman–Crippen LogP) is 4.66. The van der Waals surface area contributed by atoms with E-state index in [0.29, 0.717) is 29.0 Å². The molecule has 0 heterocycles. The Bertz CT molecular complexity index is 753. The monoisotopic (exact) mass is 393 g/mol. The number of nitrogens with zero attached hydrogens (tertiary/aromatic N) is 1. The minimum Gasteiger partial charge on any atom is -0.492 e. The van der Waals surface area contributed by atoms with Crippen LogP contribution in [0.15, 0.2) is 47.6 Å². The van der Waals surface area contributed by atoms with Gasteiger partial charge in [-0.1, -0.05) is 43.1 Å². The smallest absolute Gasteiger partial charge is 0.187 e. The Balaban J connectivity index is 1.77. The highest BCUT2D eigenvalue weighted by Gasteiger charge is 2.04. The molecular formula is C19H21ClFN3OS. The minimum absolute atomic E-state index is 0.285. The van der Waals surface area contributed by atoms with Gasteiger partial charge in [-0.05, 0) is 54.0 Å². The van der Waals surface area contributed by atoms with Gasteiger partial charge in [0.2, 0.25) is 0 Å². The molecule has 0 spiro atoms. The van der Waals surface area contributed by atoms with Crippen molar-refractivity contribution in [1.29, 1.82) is 0 Å². The van der Waals surface area contributed by atoms with Crippen LogP contribution in [0.4, 0.5) is 4.39 Å². The van der Waals surface area contributed by atoms with E-state index in [1.54, 1.807) is 18.3 Å². The van der Waals surface area contributed by atoms with Crippen molar-refractivity contribution in [2.45, 2.75) is 26.3 Å². The molecule has 0 fully saturated rings. The number of unbranched alkanes of at least 4 members (excludes halogenated alkanes) is 1. The third kappa shape index (κ3) is 6.98. The van der Waals surface area contributed by atoms with Gasteiger partial charge in [0, 0.05) is 6.54 Å². The largest absolute Gasteiger partial charge is 0.492 e. The van der Waals surface area contributed by atoms with Crippen LogP contribution in [0.1, 0.15) is 30.9 Å². The molecule has 0 atom stereocenters. The van der Waals surface area contributed by atoms with Gasteiger partial charge in [0.1, 0.15) is 11.6 Å². The first kappa shape index (κ1) is 20.1. The molecule has 0 unspecified atom stereocenters. The second-order valence-corrected chi connectivity index (χ2v) is 6.39. The molecule has 2 aromatic carbocycles. The van der Waals surface area contributed by atoms with Crippen LogP contribution in [-0.2, 0) is 6.54 Å². The Labute approximate surface area is 163 Å². The third-order valence-corrected chi connectivity index (χ3v) is 3.99. The highest BCUT2D eigenvalue weighted by Crippen LogP contribution is 2.25. The molecule has 0 bridgehead atoms. The summed E-state index contributed by atoms with van der Waals surface area (Å²) in [6, 6.07) is 11.6. The number of benzene rings is 2. The van der Waals surface area contributed by atoms with Crippen LogP contribution in [0, 0.1) is 5.82 Å². The van der Waals surface area contributed by atoms with Gasteiger partial charge in [0.15, 0.2) is 5.11 Å². The Morgan fingerprint density at radius 1 is 1.27 bits per heavy atom. The average Bonchev–Trinajstić information content (AvgIpc) is 2.63. The van der Waals surface area contributed by atoms with E-state index in [0.717, 1.165) is 24.0 Å². The Hall–Kier alpha value is -2.18. The molecule has 0 saturated carbocycles. The molecule has 138 valence electrons. The van der Waals surface area contributed by atoms with Gasteiger partial charge in [-0.3, -0.25) is 5.43 Å². The van der Waals surface area contributed by atoms with Gasteiger partial charge in [0.25, 0.3) is 0 Å². The molecule has 0 aromatic heterocycles. The number of rotatable bonds is 8. The summed E-state index contributed by atoms with van der Waals surface area (Å²) in [5.41, 5.74) is 4.46. The Morgan fingerprint density at radius 3 is 2.73 bits per heavy atom. The highest BCUT2D eigenvalue weighted by atomic mass is 35.5. The summed E-state index contributed by atoms with van der Waals surface area (Å²) in [4.78, 5) is 0. The van der Waals surface area contributed by atoms with Crippen LogP contribution in [-0.4, -0.2) is 17.9 Å². The summed E-state index contributed by atoms with van der Waals surface area (Å²) in [5.74, 6) is 0.404. The van der Waals surface area contributed by atoms with Crippen LogP contribution in [0.5, 0.6) is 5.75 Å². The van der Waals surface area contributed by atoms with E-state index < -0.39 is 0 Å². The van der Waals surface area contributed by atoms with Crippen molar-refractivity contribution in [3.63, 3.8) is 0 Å². The maximum absolute atomic E-state index is 12.8. The lowest BCUT2D eigenvalue weighted by atomic mass is 10.2. The summed E-state index contributed by atoms with van der Waals surface area (Å²) in [5, 5.41) is 8.01. The lowest BCUT2D eigenvalue weighted by molar-refractivity contribution is 0.309. The molecule has 2 N–H and O–H groups in total. The minimum atomic E-state index is -0.285. The molecule has 0 saturated heterocycles. The average molecular weight is 394 g/mol. The third-order valence-electron chi connectivity index (χ3n) is 3.45. The van der Waals surface area contributed by atoms with Crippen molar-refractivity contribution in [3.8, 4) is 5.75 Å². The fraction of sp³-hybridized carbons (Fsp3) is 0.263. The first-order valence-electron chi connectivity index (χ1n) is 8.32. The van der Waals surface area contributed by atoms with Gasteiger partial charge in [-0.15, -0.1) is 0 Å². The normalized spacial score (nSPS) is 10.7. The fourth-order valence-corrected chi connectivity index (χ4v) is 2.42. The van der Waals surface area contributed by atoms with Crippen LogP contribution < -0.4 is 15.5 Å². The summed E-state index contributed by atoms with van der Waals surface area (Å²) in [6.45, 7) is 3.28. The molecule has 2 aromatic rings. The highest BCUT2D eigenvalue weighted by molar-refractivity contribution is 7.80. The number of hydrazone groups is 1. The molecule has 7 heteroatoms. The van der Waals surface area contributed by atoms with Crippen molar-refractivity contribution < 1.29 is 9.13 Å². The molecule has 0 aliphatic heterocycles. The maximum Gasteiger partial charge on any atom is 0.187 e. The molecule has 4 nitrogen and oxygen atoms in total. The number of thiocarbonyl (C=S) groups is 1. The second kappa shape index (κ2) is 10.7. The molecule has 0 aliphatic rings. The zero-order valence-corrected chi connectivity index (χ0v) is 16.0. The van der Waals surface area contributed by atoms with E-state index in [9.17, 15) is 4.39 Å². The van der Waals surface area contributed by atoms with E-state index in [4.69, 9.17) is 28.6 Å². The first-order valence-corrected chi connectivity index (χ1v) is 9.11. The Kier molecular flexibility index (Phi) is 8.31. The summed E-state index contributed by atoms with van der Waals surface area (Å²) >= 11 is 11.4. The van der Waals surface area contributed by atoms with Crippen LogP contribution in [0.3, 0.4) is 0 Å². The lowest BCUT2D eigenvalue weighted by Crippen LogP contribution is -2.31. The first-order chi connectivity index (χ1) is 12.6. The zero-order chi connectivity index (χ0) is 18.8. The van der Waals surface area contributed by atoms with E-state index in [2.05, 4.69) is 22.8 Å². The van der Waals surface area contributed by atoms with E-state index in [-0.39, 0.29) is 5.82 Å². The van der Waals surface area contributed by atoms with Crippen LogP contribution in [0.2, 0.25) is 5.02 Å². The number of nitrogens with one attached hydrogen (secondary N) is 2. The fourth-order valence-electron chi connectivity index (χ4n) is 2.03. The molecule has 0 radical (unpaired) electrons. The number of hydrogen-bond donors (Lipinski definition) is 2. The van der Waals surface area contributed by atoms with Gasteiger partial charge >= 0.3 is 0 Å². The van der Waals surface area contributed by atoms with Gasteiger partial charge < -0.3 is 10.1 Å². The second-order valence-electron chi connectivity index (χ2n) is 5.57. The summed E-state index contributed by atoms with van der Waals surface area (Å²) in [6.07, 6.45) is 3.64. The Morgan fingerprint density at radius 2 is 2.04 bits per heavy atom. The van der Waals surface area contributed by atoms with Crippen molar-refractivity contribution in [2.75, 3.05) is 6.61 Å². The van der Waals surface area contributed by atoms with Crippen LogP contribution >= 0.6 is 23.8 Å². The van der Waals surface area contributed by atoms with Crippen molar-refractivity contribution >= 4 is 35.1 Å². The van der Waals surface area contributed by atoms with Crippen molar-refractivity contribution in [1.82, 2.24) is 10.7 Å². The lowest BCUT2D eigenvalue weighted by Gasteiger charge is -2.10. The number of hydrogen-bond acceptors (Lipinski definition) is 3. The predicted molar refractivity (Wildman–Crippen MR) is 108 cm³/mol. The van der Waals surface area contributed by atoms with Crippen molar-refractivity contribution in [3.05, 3.63) is 64.4 Å². The quantitative estimate of drug-likeness (QED) is 0.296. The van der Waals surface area contributed by atoms with Gasteiger partial charge in [-0.25, -0.2) is 4.39 Å². The van der Waals surface area contributed by atoms with E-state index in [1.807, 2.05) is 18.2 Å². The van der Waals surface area contributed by atoms with E-state index in [1.165, 1.54) is 12.1 Å². The van der Waals surface area contributed by atoms with E-state index >= 15 is 0 Å². The van der Waals surface area contributed by atoms with Crippen molar-refractivity contribution in [2.24, 2.45) is 5.10 Å². The zero-order valence-electron chi connectivity index (χ0n) is 14.5. The van der Waals surface area contributed by atoms with Gasteiger partial charge in [-0.2, -0.15) is 5.10 Å². The molecular weight excluding hydrogens is 373 g/mol. The number of ether oxygens (including phenoxy) is 1. The molecule has 0 aliphatic carbocycles. The molecule has 26 heavy (non-hydrogen) atoms. The molecule has 0 amide bonds. The topological polar surface area (TPSA) is 45.6 Å². The van der Waals surface area contributed by atoms with Crippen LogP contribution in [0.25, 0.3) is 0 Å². The summed E-state index contributed by atoms with van der Waals surface area (Å²) < 4.78 is 18.4.